The summed E-state index contributed by atoms with van der Waals surface area (Å²) in [4.78, 5) is 0. The average Bonchev–Trinajstić information content (AvgIpc) is 2.99. The Morgan fingerprint density at radius 3 is 1.93 bits per heavy atom. The molecule has 0 atom stereocenters. The van der Waals surface area contributed by atoms with Gasteiger partial charge in [0.2, 0.25) is 6.20 Å². The van der Waals surface area contributed by atoms with Crippen LogP contribution < -0.4 is 4.68 Å². The summed E-state index contributed by atoms with van der Waals surface area (Å²) in [6.07, 6.45) is 2.28. The molecule has 0 radical (unpaired) electrons. The molecule has 5 aromatic rings. The third-order valence-electron chi connectivity index (χ3n) is 5.77. The van der Waals surface area contributed by atoms with Crippen molar-refractivity contribution in [3.63, 3.8) is 0 Å². The smallest absolute Gasteiger partial charge is 0.119 e. The standard InChI is InChI=1S/C25H23N2/c1-16-9-7-10-17(2)23(16)22-15-26(4)27-24-18(3)11-8-14-20(24)19-12-5-6-13-21(19)25(22)27/h5-15H,1-4H3/q+1. The normalized spacial score (nSPS) is 11.7. The van der Waals surface area contributed by atoms with Gasteiger partial charge in [-0.05, 0) is 48.4 Å². The van der Waals surface area contributed by atoms with Gasteiger partial charge in [0.25, 0.3) is 0 Å². The van der Waals surface area contributed by atoms with Crippen LogP contribution in [-0.2, 0) is 7.05 Å². The van der Waals surface area contributed by atoms with E-state index >= 15 is 0 Å². The number of pyridine rings is 1. The Balaban J connectivity index is 2.12. The fourth-order valence-corrected chi connectivity index (χ4v) is 4.61. The summed E-state index contributed by atoms with van der Waals surface area (Å²) in [6, 6.07) is 21.9. The van der Waals surface area contributed by atoms with Crippen molar-refractivity contribution in [2.75, 3.05) is 0 Å². The summed E-state index contributed by atoms with van der Waals surface area (Å²) in [5, 5.41) is 3.92. The highest BCUT2D eigenvalue weighted by molar-refractivity contribution is 6.15. The monoisotopic (exact) mass is 351 g/mol. The molecule has 3 aromatic carbocycles. The third-order valence-corrected chi connectivity index (χ3v) is 5.77. The van der Waals surface area contributed by atoms with Crippen LogP contribution in [0.1, 0.15) is 16.7 Å². The van der Waals surface area contributed by atoms with E-state index in [0.29, 0.717) is 0 Å². The molecule has 2 aromatic heterocycles. The second-order valence-corrected chi connectivity index (χ2v) is 7.56. The Kier molecular flexibility index (Phi) is 3.38. The van der Waals surface area contributed by atoms with E-state index in [1.165, 1.54) is 55.0 Å². The Morgan fingerprint density at radius 1 is 0.630 bits per heavy atom. The van der Waals surface area contributed by atoms with E-state index < -0.39 is 0 Å². The van der Waals surface area contributed by atoms with E-state index in [-0.39, 0.29) is 0 Å². The molecule has 0 N–H and O–H groups in total. The van der Waals surface area contributed by atoms with Crippen molar-refractivity contribution in [1.82, 2.24) is 4.52 Å². The molecular weight excluding hydrogens is 328 g/mol. The fraction of sp³-hybridized carbons (Fsp3) is 0.160. The highest BCUT2D eigenvalue weighted by Crippen LogP contribution is 2.37. The first-order valence-corrected chi connectivity index (χ1v) is 9.46. The van der Waals surface area contributed by atoms with Crippen molar-refractivity contribution in [1.29, 1.82) is 0 Å². The lowest BCUT2D eigenvalue weighted by Crippen LogP contribution is -2.34. The molecule has 0 unspecified atom stereocenters. The number of hydrogen-bond acceptors (Lipinski definition) is 0. The molecule has 0 bridgehead atoms. The van der Waals surface area contributed by atoms with E-state index in [4.69, 9.17) is 0 Å². The quantitative estimate of drug-likeness (QED) is 0.272. The van der Waals surface area contributed by atoms with Crippen LogP contribution >= 0.6 is 0 Å². The number of aromatic nitrogens is 2. The maximum Gasteiger partial charge on any atom is 0.204 e. The Hall–Kier alpha value is -3.13. The number of nitrogens with zero attached hydrogens (tertiary/aromatic N) is 2. The molecule has 0 aliphatic carbocycles. The third kappa shape index (κ3) is 2.16. The van der Waals surface area contributed by atoms with Crippen LogP contribution in [-0.4, -0.2) is 4.52 Å². The molecule has 2 heteroatoms. The first-order valence-electron chi connectivity index (χ1n) is 9.46. The number of aryl methyl sites for hydroxylation is 4. The van der Waals surface area contributed by atoms with Gasteiger partial charge in [-0.1, -0.05) is 60.7 Å². The van der Waals surface area contributed by atoms with Crippen LogP contribution in [0.3, 0.4) is 0 Å². The lowest BCUT2D eigenvalue weighted by Gasteiger charge is -2.11. The minimum Gasteiger partial charge on any atom is -0.119 e. The van der Waals surface area contributed by atoms with E-state index in [1.807, 2.05) is 0 Å². The van der Waals surface area contributed by atoms with Crippen molar-refractivity contribution in [3.05, 3.63) is 83.6 Å². The highest BCUT2D eigenvalue weighted by atomic mass is 15.3. The summed E-state index contributed by atoms with van der Waals surface area (Å²) in [6.45, 7) is 6.62. The summed E-state index contributed by atoms with van der Waals surface area (Å²) in [5.74, 6) is 0. The number of benzene rings is 3. The first-order chi connectivity index (χ1) is 13.1. The SMILES string of the molecule is Cc1cccc(C)c1-c1c[n+](C)n2c3c(C)cccc3c3ccccc3c12. The van der Waals surface area contributed by atoms with E-state index in [2.05, 4.69) is 104 Å². The van der Waals surface area contributed by atoms with Crippen molar-refractivity contribution < 1.29 is 4.68 Å². The average molecular weight is 351 g/mol. The second kappa shape index (κ2) is 5.68. The molecule has 0 saturated carbocycles. The van der Waals surface area contributed by atoms with Gasteiger partial charge in [-0.25, -0.2) is 0 Å². The van der Waals surface area contributed by atoms with Gasteiger partial charge in [-0.3, -0.25) is 0 Å². The molecule has 2 nitrogen and oxygen atoms in total. The zero-order valence-electron chi connectivity index (χ0n) is 16.2. The first kappa shape index (κ1) is 16.1. The van der Waals surface area contributed by atoms with Crippen LogP contribution in [0.25, 0.3) is 38.3 Å². The van der Waals surface area contributed by atoms with E-state index in [9.17, 15) is 0 Å². The molecule has 0 aliphatic heterocycles. The lowest BCUT2D eigenvalue weighted by molar-refractivity contribution is -0.735. The summed E-state index contributed by atoms with van der Waals surface area (Å²) < 4.78 is 4.62. The maximum atomic E-state index is 2.38. The molecule has 0 aliphatic rings. The second-order valence-electron chi connectivity index (χ2n) is 7.56. The summed E-state index contributed by atoms with van der Waals surface area (Å²) >= 11 is 0. The number of para-hydroxylation sites is 1. The Labute approximate surface area is 159 Å². The number of hydrogen-bond donors (Lipinski definition) is 0. The molecule has 5 rings (SSSR count). The molecule has 0 fully saturated rings. The predicted molar refractivity (Wildman–Crippen MR) is 113 cm³/mol. The van der Waals surface area contributed by atoms with E-state index in [1.54, 1.807) is 0 Å². The van der Waals surface area contributed by atoms with Crippen LogP contribution in [0, 0.1) is 20.8 Å². The topological polar surface area (TPSA) is 8.29 Å². The van der Waals surface area contributed by atoms with Crippen molar-refractivity contribution in [3.8, 4) is 11.1 Å². The van der Waals surface area contributed by atoms with Gasteiger partial charge >= 0.3 is 0 Å². The predicted octanol–water partition coefficient (Wildman–Crippen LogP) is 5.66. The van der Waals surface area contributed by atoms with Gasteiger partial charge in [0.15, 0.2) is 7.05 Å². The molecule has 0 amide bonds. The van der Waals surface area contributed by atoms with Crippen molar-refractivity contribution in [2.45, 2.75) is 20.8 Å². The largest absolute Gasteiger partial charge is 0.204 e. The lowest BCUT2D eigenvalue weighted by atomic mass is 9.94. The van der Waals surface area contributed by atoms with Crippen molar-refractivity contribution in [2.24, 2.45) is 7.05 Å². The van der Waals surface area contributed by atoms with Gasteiger partial charge in [-0.15, -0.1) is 9.20 Å². The van der Waals surface area contributed by atoms with E-state index in [0.717, 1.165) is 0 Å². The van der Waals surface area contributed by atoms with Gasteiger partial charge in [0.05, 0.1) is 5.56 Å². The van der Waals surface area contributed by atoms with Gasteiger partial charge in [0, 0.05) is 10.8 Å². The van der Waals surface area contributed by atoms with Crippen LogP contribution in [0.5, 0.6) is 0 Å². The van der Waals surface area contributed by atoms with Gasteiger partial charge in [0.1, 0.15) is 11.0 Å². The molecule has 27 heavy (non-hydrogen) atoms. The number of fused-ring (bicyclic) bond motifs is 6. The molecule has 0 saturated heterocycles. The Morgan fingerprint density at radius 2 is 1.19 bits per heavy atom. The molecule has 132 valence electrons. The van der Waals surface area contributed by atoms with Gasteiger partial charge < -0.3 is 0 Å². The highest BCUT2D eigenvalue weighted by Gasteiger charge is 2.23. The number of rotatable bonds is 1. The maximum absolute atomic E-state index is 2.38. The zero-order chi connectivity index (χ0) is 18.7. The summed E-state index contributed by atoms with van der Waals surface area (Å²) in [5.41, 5.74) is 9.14. The van der Waals surface area contributed by atoms with Crippen LogP contribution in [0.2, 0.25) is 0 Å². The van der Waals surface area contributed by atoms with Crippen LogP contribution in [0.4, 0.5) is 0 Å². The minimum atomic E-state index is 1.28. The fourth-order valence-electron chi connectivity index (χ4n) is 4.61. The molecular formula is C25H23N2+. The minimum absolute atomic E-state index is 1.28. The van der Waals surface area contributed by atoms with Gasteiger partial charge in [-0.2, -0.15) is 0 Å². The molecule has 0 spiro atoms. The molecule has 2 heterocycles. The van der Waals surface area contributed by atoms with Crippen LogP contribution in [0.15, 0.2) is 66.9 Å². The van der Waals surface area contributed by atoms with Crippen molar-refractivity contribution >= 4 is 27.2 Å². The zero-order valence-corrected chi connectivity index (χ0v) is 16.2. The summed E-state index contributed by atoms with van der Waals surface area (Å²) in [7, 11) is 2.14. The Bertz CT molecular complexity index is 1340.